The topological polar surface area (TPSA) is 117 Å². The molecule has 2 saturated heterocycles. The molecular formula is C27H27ClN4O6S. The standard InChI is InChI=1S/C27H27ClN4O6S/c1-18(26(34)31-13-2-3-24(31)19-8-11-29-12-9-19)30-14-10-25(27(30)35)32(38-17-33)39(36,37)23-7-5-20-15-22(28)6-4-21(20)16-23/h4-9,11-12,15-18,24-25H,2-3,10,13-14H2,1H3/t18-,24?,25-/m0/s1. The average molecular weight is 571 g/mol. The molecule has 2 aliphatic rings. The van der Waals surface area contributed by atoms with Gasteiger partial charge >= 0.3 is 6.47 Å². The molecule has 3 aromatic rings. The van der Waals surface area contributed by atoms with Crippen LogP contribution < -0.4 is 0 Å². The van der Waals surface area contributed by atoms with E-state index in [0.717, 1.165) is 23.8 Å². The summed E-state index contributed by atoms with van der Waals surface area (Å²) in [7, 11) is -4.41. The van der Waals surface area contributed by atoms with Gasteiger partial charge in [0.2, 0.25) is 11.8 Å². The quantitative estimate of drug-likeness (QED) is 0.301. The van der Waals surface area contributed by atoms with Gasteiger partial charge in [-0.05, 0) is 83.4 Å². The fourth-order valence-corrected chi connectivity index (χ4v) is 6.98. The lowest BCUT2D eigenvalue weighted by Crippen LogP contribution is -2.51. The zero-order valence-corrected chi connectivity index (χ0v) is 22.7. The largest absolute Gasteiger partial charge is 0.355 e. The van der Waals surface area contributed by atoms with Crippen molar-refractivity contribution in [3.05, 3.63) is 71.5 Å². The summed E-state index contributed by atoms with van der Waals surface area (Å²) < 4.78 is 27.6. The van der Waals surface area contributed by atoms with Gasteiger partial charge in [-0.25, -0.2) is 8.42 Å². The van der Waals surface area contributed by atoms with Crippen molar-refractivity contribution in [2.75, 3.05) is 13.1 Å². The Morgan fingerprint density at radius 1 is 1.10 bits per heavy atom. The van der Waals surface area contributed by atoms with E-state index in [0.29, 0.717) is 21.4 Å². The van der Waals surface area contributed by atoms with Gasteiger partial charge in [-0.2, -0.15) is 0 Å². The maximum Gasteiger partial charge on any atom is 0.314 e. The molecule has 3 atom stereocenters. The van der Waals surface area contributed by atoms with Crippen molar-refractivity contribution in [3.8, 4) is 0 Å². The molecule has 0 saturated carbocycles. The number of aromatic nitrogens is 1. The van der Waals surface area contributed by atoms with Crippen LogP contribution in [0.25, 0.3) is 10.8 Å². The van der Waals surface area contributed by atoms with E-state index in [2.05, 4.69) is 4.98 Å². The van der Waals surface area contributed by atoms with Gasteiger partial charge in [0.25, 0.3) is 10.0 Å². The summed E-state index contributed by atoms with van der Waals surface area (Å²) in [5, 5.41) is 1.84. The predicted molar refractivity (Wildman–Crippen MR) is 143 cm³/mol. The minimum atomic E-state index is -4.41. The maximum absolute atomic E-state index is 13.5. The Hall–Kier alpha value is -3.54. The molecule has 3 heterocycles. The van der Waals surface area contributed by atoms with Crippen molar-refractivity contribution >= 4 is 50.7 Å². The van der Waals surface area contributed by atoms with E-state index in [1.165, 1.54) is 17.0 Å². The fraction of sp³-hybridized carbons (Fsp3) is 0.333. The first-order valence-corrected chi connectivity index (χ1v) is 14.4. The lowest BCUT2D eigenvalue weighted by Gasteiger charge is -2.32. The molecule has 0 N–H and O–H groups in total. The van der Waals surface area contributed by atoms with Gasteiger partial charge in [-0.1, -0.05) is 23.7 Å². The van der Waals surface area contributed by atoms with Gasteiger partial charge in [0.05, 0.1) is 10.9 Å². The van der Waals surface area contributed by atoms with Crippen LogP contribution in [0.1, 0.15) is 37.8 Å². The highest BCUT2D eigenvalue weighted by Gasteiger charge is 2.47. The zero-order valence-electron chi connectivity index (χ0n) is 21.1. The molecule has 204 valence electrons. The van der Waals surface area contributed by atoms with Gasteiger partial charge in [0, 0.05) is 30.5 Å². The van der Waals surface area contributed by atoms with Crippen molar-refractivity contribution < 1.29 is 27.6 Å². The Kier molecular flexibility index (Phi) is 7.57. The Morgan fingerprint density at radius 2 is 1.82 bits per heavy atom. The lowest BCUT2D eigenvalue weighted by atomic mass is 10.1. The zero-order chi connectivity index (χ0) is 27.7. The number of sulfonamides is 1. The van der Waals surface area contributed by atoms with Crippen molar-refractivity contribution in [1.82, 2.24) is 19.3 Å². The number of likely N-dealkylation sites (tertiary alicyclic amines) is 2. The number of hydrogen-bond acceptors (Lipinski definition) is 7. The number of hydrogen-bond donors (Lipinski definition) is 0. The lowest BCUT2D eigenvalue weighted by molar-refractivity contribution is -0.163. The minimum Gasteiger partial charge on any atom is -0.355 e. The summed E-state index contributed by atoms with van der Waals surface area (Å²) >= 11 is 6.03. The number of amides is 2. The molecular weight excluding hydrogens is 544 g/mol. The number of fused-ring (bicyclic) bond motifs is 1. The third-order valence-corrected chi connectivity index (χ3v) is 9.27. The molecule has 39 heavy (non-hydrogen) atoms. The van der Waals surface area contributed by atoms with E-state index in [-0.39, 0.29) is 36.3 Å². The number of benzene rings is 2. The second kappa shape index (κ2) is 10.9. The first-order chi connectivity index (χ1) is 18.7. The van der Waals surface area contributed by atoms with Crippen LogP contribution in [-0.2, 0) is 29.2 Å². The molecule has 2 fully saturated rings. The number of pyridine rings is 1. The molecule has 0 spiro atoms. The normalized spacial score (nSPS) is 20.5. The van der Waals surface area contributed by atoms with Crippen LogP contribution in [0.15, 0.2) is 65.8 Å². The monoisotopic (exact) mass is 570 g/mol. The van der Waals surface area contributed by atoms with Gasteiger partial charge in [0.15, 0.2) is 0 Å². The second-order valence-electron chi connectivity index (χ2n) is 9.60. The highest BCUT2D eigenvalue weighted by molar-refractivity contribution is 7.89. The predicted octanol–water partition coefficient (Wildman–Crippen LogP) is 3.32. The Morgan fingerprint density at radius 3 is 2.56 bits per heavy atom. The third-order valence-electron chi connectivity index (χ3n) is 7.37. The van der Waals surface area contributed by atoms with Crippen LogP contribution in [0.4, 0.5) is 0 Å². The summed E-state index contributed by atoms with van der Waals surface area (Å²) in [5.74, 6) is -0.823. The average Bonchev–Trinajstić information content (AvgIpc) is 3.58. The Labute approximate surface area is 231 Å². The van der Waals surface area contributed by atoms with Crippen LogP contribution in [-0.4, -0.2) is 71.1 Å². The summed E-state index contributed by atoms with van der Waals surface area (Å²) in [6.07, 6.45) is 5.05. The summed E-state index contributed by atoms with van der Waals surface area (Å²) in [5.41, 5.74) is 0.975. The molecule has 0 aliphatic carbocycles. The molecule has 5 rings (SSSR count). The van der Waals surface area contributed by atoms with Crippen LogP contribution in [0.3, 0.4) is 0 Å². The van der Waals surface area contributed by atoms with Gasteiger partial charge < -0.3 is 14.6 Å². The molecule has 12 heteroatoms. The van der Waals surface area contributed by atoms with Gasteiger partial charge in [-0.15, -0.1) is 0 Å². The SMILES string of the molecule is C[C@@H](C(=O)N1CCCC1c1ccncc1)N1CC[C@H](N(OC=O)S(=O)(=O)c2ccc3cc(Cl)ccc3c2)C1=O. The van der Waals surface area contributed by atoms with E-state index in [4.69, 9.17) is 16.4 Å². The highest BCUT2D eigenvalue weighted by atomic mass is 35.5. The van der Waals surface area contributed by atoms with Crippen LogP contribution in [0, 0.1) is 0 Å². The van der Waals surface area contributed by atoms with Crippen molar-refractivity contribution in [1.29, 1.82) is 0 Å². The number of carbonyl (C=O) groups is 3. The van der Waals surface area contributed by atoms with Crippen molar-refractivity contribution in [2.45, 2.75) is 49.2 Å². The maximum atomic E-state index is 13.5. The summed E-state index contributed by atoms with van der Waals surface area (Å²) in [4.78, 5) is 50.3. The molecule has 1 unspecified atom stereocenters. The Bertz CT molecular complexity index is 1520. The van der Waals surface area contributed by atoms with Crippen LogP contribution in [0.5, 0.6) is 0 Å². The van der Waals surface area contributed by atoms with Crippen LogP contribution >= 0.6 is 11.6 Å². The molecule has 1 aromatic heterocycles. The first kappa shape index (κ1) is 27.0. The molecule has 2 amide bonds. The summed E-state index contributed by atoms with van der Waals surface area (Å²) in [6, 6.07) is 10.9. The van der Waals surface area contributed by atoms with Gasteiger partial charge in [0.1, 0.15) is 12.1 Å². The highest BCUT2D eigenvalue weighted by Crippen LogP contribution is 2.34. The number of halogens is 1. The smallest absolute Gasteiger partial charge is 0.314 e. The number of rotatable bonds is 8. The van der Waals surface area contributed by atoms with E-state index >= 15 is 0 Å². The van der Waals surface area contributed by atoms with Crippen molar-refractivity contribution in [2.24, 2.45) is 0 Å². The second-order valence-corrected chi connectivity index (χ2v) is 11.8. The molecule has 10 nitrogen and oxygen atoms in total. The van der Waals surface area contributed by atoms with Gasteiger partial charge in [-0.3, -0.25) is 19.4 Å². The number of hydroxylamine groups is 1. The molecule has 2 aromatic carbocycles. The summed E-state index contributed by atoms with van der Waals surface area (Å²) in [6.45, 7) is 2.31. The third kappa shape index (κ3) is 5.09. The number of nitrogens with zero attached hydrogens (tertiary/aromatic N) is 4. The molecule has 0 bridgehead atoms. The van der Waals surface area contributed by atoms with E-state index in [1.54, 1.807) is 48.5 Å². The molecule has 2 aliphatic heterocycles. The Balaban J connectivity index is 1.37. The van der Waals surface area contributed by atoms with Crippen molar-refractivity contribution in [3.63, 3.8) is 0 Å². The minimum absolute atomic E-state index is 0.0214. The molecule has 0 radical (unpaired) electrons. The van der Waals surface area contributed by atoms with E-state index in [1.807, 2.05) is 12.1 Å². The first-order valence-electron chi connectivity index (χ1n) is 12.6. The van der Waals surface area contributed by atoms with E-state index in [9.17, 15) is 22.8 Å². The van der Waals surface area contributed by atoms with E-state index < -0.39 is 28.0 Å². The number of carbonyl (C=O) groups excluding carboxylic acids is 3. The fourth-order valence-electron chi connectivity index (χ4n) is 5.40. The van der Waals surface area contributed by atoms with Crippen LogP contribution in [0.2, 0.25) is 5.02 Å².